The first-order chi connectivity index (χ1) is 13.5. The number of tetrazole rings is 1. The van der Waals surface area contributed by atoms with Crippen LogP contribution in [-0.2, 0) is 16.1 Å². The van der Waals surface area contributed by atoms with Crippen molar-refractivity contribution in [3.8, 4) is 11.4 Å². The molecule has 3 aromatic rings. The van der Waals surface area contributed by atoms with Gasteiger partial charge in [0.25, 0.3) is 5.91 Å². The molecule has 1 aromatic heterocycles. The molecule has 0 aliphatic rings. The number of amides is 1. The van der Waals surface area contributed by atoms with E-state index in [0.717, 1.165) is 5.56 Å². The van der Waals surface area contributed by atoms with Gasteiger partial charge in [-0.25, -0.2) is 4.39 Å². The Balaban J connectivity index is 1.85. The molecule has 1 N–H and O–H groups in total. The molecule has 0 radical (unpaired) electrons. The van der Waals surface area contributed by atoms with Crippen LogP contribution in [0, 0.1) is 11.7 Å². The molecule has 0 saturated carbocycles. The highest BCUT2D eigenvalue weighted by Crippen LogP contribution is 2.23. The van der Waals surface area contributed by atoms with Crippen molar-refractivity contribution in [3.05, 3.63) is 59.9 Å². The fourth-order valence-corrected chi connectivity index (χ4v) is 2.89. The summed E-state index contributed by atoms with van der Waals surface area (Å²) in [5.41, 5.74) is 1.86. The first-order valence-electron chi connectivity index (χ1n) is 8.92. The average molecular weight is 383 g/mol. The Morgan fingerprint density at radius 3 is 2.64 bits per heavy atom. The lowest BCUT2D eigenvalue weighted by atomic mass is 10.0. The van der Waals surface area contributed by atoms with Crippen molar-refractivity contribution in [2.75, 3.05) is 12.4 Å². The summed E-state index contributed by atoms with van der Waals surface area (Å²) >= 11 is 0. The predicted octanol–water partition coefficient (Wildman–Crippen LogP) is 3.46. The summed E-state index contributed by atoms with van der Waals surface area (Å²) in [6.07, 6.45) is 0. The Bertz CT molecular complexity index is 943. The summed E-state index contributed by atoms with van der Waals surface area (Å²) < 4.78 is 18.6. The molecule has 28 heavy (non-hydrogen) atoms. The molecule has 0 fully saturated rings. The van der Waals surface area contributed by atoms with Gasteiger partial charge in [-0.15, -0.1) is 10.2 Å². The van der Waals surface area contributed by atoms with E-state index in [1.54, 1.807) is 0 Å². The molecule has 3 rings (SSSR count). The van der Waals surface area contributed by atoms with Crippen molar-refractivity contribution in [2.24, 2.45) is 5.92 Å². The zero-order valence-corrected chi connectivity index (χ0v) is 16.0. The molecule has 1 unspecified atom stereocenters. The number of anilines is 1. The lowest BCUT2D eigenvalue weighted by Gasteiger charge is -2.20. The van der Waals surface area contributed by atoms with Gasteiger partial charge in [-0.1, -0.05) is 44.2 Å². The van der Waals surface area contributed by atoms with Crippen LogP contribution in [-0.4, -0.2) is 33.2 Å². The molecule has 0 spiro atoms. The summed E-state index contributed by atoms with van der Waals surface area (Å²) in [6, 6.07) is 12.9. The van der Waals surface area contributed by atoms with Crippen molar-refractivity contribution in [1.29, 1.82) is 0 Å². The number of rotatable bonds is 7. The maximum atomic E-state index is 13.5. The molecule has 1 atom stereocenters. The van der Waals surface area contributed by atoms with Gasteiger partial charge in [0.2, 0.25) is 5.82 Å². The highest BCUT2D eigenvalue weighted by molar-refractivity contribution is 5.94. The number of aromatic nitrogens is 4. The van der Waals surface area contributed by atoms with E-state index in [9.17, 15) is 9.18 Å². The van der Waals surface area contributed by atoms with Crippen LogP contribution >= 0.6 is 0 Å². The summed E-state index contributed by atoms with van der Waals surface area (Å²) in [5.74, 6) is -0.350. The summed E-state index contributed by atoms with van der Waals surface area (Å²) in [5, 5.41) is 15.4. The van der Waals surface area contributed by atoms with Gasteiger partial charge in [0.1, 0.15) is 5.82 Å². The van der Waals surface area contributed by atoms with Crippen LogP contribution in [0.15, 0.2) is 48.5 Å². The van der Waals surface area contributed by atoms with Crippen molar-refractivity contribution in [2.45, 2.75) is 26.5 Å². The number of hydrogen-bond donors (Lipinski definition) is 1. The number of nitrogens with one attached hydrogen (secondary N) is 1. The number of benzene rings is 2. The molecular weight excluding hydrogens is 361 g/mol. The quantitative estimate of drug-likeness (QED) is 0.676. The van der Waals surface area contributed by atoms with Gasteiger partial charge >= 0.3 is 0 Å². The summed E-state index contributed by atoms with van der Waals surface area (Å²) in [7, 11) is 1.51. The lowest BCUT2D eigenvalue weighted by molar-refractivity contribution is -0.121. The van der Waals surface area contributed by atoms with Gasteiger partial charge in [-0.2, -0.15) is 4.80 Å². The van der Waals surface area contributed by atoms with Crippen LogP contribution < -0.4 is 5.32 Å². The first kappa shape index (κ1) is 19.6. The molecule has 0 bridgehead atoms. The molecule has 0 aliphatic carbocycles. The second-order valence-electron chi connectivity index (χ2n) is 6.71. The van der Waals surface area contributed by atoms with Crippen molar-refractivity contribution in [1.82, 2.24) is 20.2 Å². The van der Waals surface area contributed by atoms with Crippen LogP contribution in [0.2, 0.25) is 0 Å². The second-order valence-corrected chi connectivity index (χ2v) is 6.71. The molecule has 0 aliphatic heterocycles. The minimum Gasteiger partial charge on any atom is -0.380 e. The predicted molar refractivity (Wildman–Crippen MR) is 103 cm³/mol. The van der Waals surface area contributed by atoms with Crippen LogP contribution in [0.3, 0.4) is 0 Å². The summed E-state index contributed by atoms with van der Waals surface area (Å²) in [4.78, 5) is 14.3. The van der Waals surface area contributed by atoms with E-state index in [2.05, 4.69) is 20.7 Å². The smallest absolute Gasteiger partial charge is 0.251 e. The highest BCUT2D eigenvalue weighted by Gasteiger charge is 2.28. The fraction of sp³-hybridized carbons (Fsp3) is 0.300. The highest BCUT2D eigenvalue weighted by atomic mass is 19.1. The topological polar surface area (TPSA) is 81.9 Å². The van der Waals surface area contributed by atoms with Gasteiger partial charge in [-0.3, -0.25) is 4.79 Å². The van der Waals surface area contributed by atoms with Gasteiger partial charge in [-0.05, 0) is 29.3 Å². The largest absolute Gasteiger partial charge is 0.380 e. The van der Waals surface area contributed by atoms with Crippen LogP contribution in [0.1, 0.15) is 25.5 Å². The normalized spacial score (nSPS) is 12.2. The van der Waals surface area contributed by atoms with Crippen molar-refractivity contribution >= 4 is 11.6 Å². The molecule has 1 amide bonds. The number of methoxy groups -OCH3 is 1. The Morgan fingerprint density at radius 1 is 1.21 bits per heavy atom. The van der Waals surface area contributed by atoms with Gasteiger partial charge in [0.15, 0.2) is 6.04 Å². The van der Waals surface area contributed by atoms with Crippen LogP contribution in [0.5, 0.6) is 0 Å². The fourth-order valence-electron chi connectivity index (χ4n) is 2.89. The number of ether oxygens (including phenoxy) is 1. The zero-order valence-electron chi connectivity index (χ0n) is 16.0. The van der Waals surface area contributed by atoms with Crippen LogP contribution in [0.25, 0.3) is 11.4 Å². The minimum atomic E-state index is -0.676. The lowest BCUT2D eigenvalue weighted by Crippen LogP contribution is -2.32. The zero-order chi connectivity index (χ0) is 20.1. The third-order valence-electron chi connectivity index (χ3n) is 4.23. The van der Waals surface area contributed by atoms with Gasteiger partial charge < -0.3 is 10.1 Å². The van der Waals surface area contributed by atoms with Crippen LogP contribution in [0.4, 0.5) is 10.1 Å². The number of hydrogen-bond acceptors (Lipinski definition) is 5. The van der Waals surface area contributed by atoms with Gasteiger partial charge in [0.05, 0.1) is 6.61 Å². The maximum absolute atomic E-state index is 13.5. The Hall–Kier alpha value is -3.13. The standard InChI is InChI=1S/C20H22FN5O2/c1-13(2)18(26-24-19(23-25-26)14-7-5-4-6-8-14)20(27)22-17-10-9-16(21)11-15(17)12-28-3/h4-11,13,18H,12H2,1-3H3,(H,22,27). The van der Waals surface area contributed by atoms with E-state index >= 15 is 0 Å². The SMILES string of the molecule is COCc1cc(F)ccc1NC(=O)C(C(C)C)n1nnc(-c2ccccc2)n1. The average Bonchev–Trinajstić information content (AvgIpc) is 3.14. The molecule has 8 heteroatoms. The number of halogens is 1. The van der Waals surface area contributed by atoms with Crippen molar-refractivity contribution in [3.63, 3.8) is 0 Å². The number of carbonyl (C=O) groups excluding carboxylic acids is 1. The number of nitrogens with zero attached hydrogens (tertiary/aromatic N) is 4. The van der Waals surface area contributed by atoms with E-state index in [1.807, 2.05) is 44.2 Å². The molecule has 2 aromatic carbocycles. The first-order valence-corrected chi connectivity index (χ1v) is 8.92. The van der Waals surface area contributed by atoms with Gasteiger partial charge in [0, 0.05) is 23.9 Å². The number of carbonyl (C=O) groups is 1. The molecule has 0 saturated heterocycles. The summed E-state index contributed by atoms with van der Waals surface area (Å²) in [6.45, 7) is 3.98. The molecule has 7 nitrogen and oxygen atoms in total. The van der Waals surface area contributed by atoms with E-state index in [-0.39, 0.29) is 18.4 Å². The van der Waals surface area contributed by atoms with E-state index < -0.39 is 11.9 Å². The van der Waals surface area contributed by atoms with E-state index in [0.29, 0.717) is 17.1 Å². The van der Waals surface area contributed by atoms with Crippen molar-refractivity contribution < 1.29 is 13.9 Å². The third kappa shape index (κ3) is 4.40. The Morgan fingerprint density at radius 2 is 1.96 bits per heavy atom. The Kier molecular flexibility index (Phi) is 6.10. The monoisotopic (exact) mass is 383 g/mol. The molecule has 146 valence electrons. The maximum Gasteiger partial charge on any atom is 0.251 e. The van der Waals surface area contributed by atoms with E-state index in [4.69, 9.17) is 4.74 Å². The second kappa shape index (κ2) is 8.71. The molecule has 1 heterocycles. The minimum absolute atomic E-state index is 0.0934. The molecular formula is C20H22FN5O2. The Labute approximate surface area is 162 Å². The third-order valence-corrected chi connectivity index (χ3v) is 4.23. The van der Waals surface area contributed by atoms with E-state index in [1.165, 1.54) is 30.1 Å².